The number of rotatable bonds is 8. The average molecular weight is 447 g/mol. The highest BCUT2D eigenvalue weighted by Crippen LogP contribution is 2.31. The summed E-state index contributed by atoms with van der Waals surface area (Å²) in [6.45, 7) is 3.99. The van der Waals surface area contributed by atoms with Gasteiger partial charge in [-0.2, -0.15) is 0 Å². The van der Waals surface area contributed by atoms with Crippen LogP contribution in [0.4, 0.5) is 0 Å². The smallest absolute Gasteiger partial charge is 0.227 e. The van der Waals surface area contributed by atoms with E-state index in [1.54, 1.807) is 14.2 Å². The molecule has 0 bridgehead atoms. The van der Waals surface area contributed by atoms with Crippen LogP contribution in [0, 0.1) is 0 Å². The summed E-state index contributed by atoms with van der Waals surface area (Å²) in [4.78, 5) is 17.1. The number of nitrogens with zero attached hydrogens (tertiary/aromatic N) is 2. The Labute approximate surface area is 195 Å². The molecule has 3 aromatic rings. The molecular formula is C27H30N2O4. The van der Waals surface area contributed by atoms with Gasteiger partial charge in [0.05, 0.1) is 20.6 Å². The van der Waals surface area contributed by atoms with Crippen molar-refractivity contribution in [2.24, 2.45) is 0 Å². The molecule has 3 aromatic carbocycles. The summed E-state index contributed by atoms with van der Waals surface area (Å²) in [7, 11) is 3.28. The van der Waals surface area contributed by atoms with E-state index in [-0.39, 0.29) is 5.91 Å². The lowest BCUT2D eigenvalue weighted by atomic mass is 10.1. The van der Waals surface area contributed by atoms with Gasteiger partial charge in [0, 0.05) is 32.7 Å². The van der Waals surface area contributed by atoms with Crippen LogP contribution in [0.5, 0.6) is 23.0 Å². The number of amides is 1. The zero-order chi connectivity index (χ0) is 23.0. The Morgan fingerprint density at radius 1 is 0.758 bits per heavy atom. The second kappa shape index (κ2) is 10.9. The number of para-hydroxylation sites is 2. The molecule has 0 atom stereocenters. The molecule has 1 aliphatic heterocycles. The first-order chi connectivity index (χ1) is 16.1. The van der Waals surface area contributed by atoms with E-state index in [4.69, 9.17) is 14.2 Å². The number of hydrogen-bond acceptors (Lipinski definition) is 5. The summed E-state index contributed by atoms with van der Waals surface area (Å²) in [6.07, 6.45) is 0.402. The molecule has 0 N–H and O–H groups in total. The number of methoxy groups -OCH3 is 2. The number of piperazine rings is 1. The molecule has 1 fully saturated rings. The molecule has 1 amide bonds. The van der Waals surface area contributed by atoms with Gasteiger partial charge < -0.3 is 19.1 Å². The third kappa shape index (κ3) is 6.05. The predicted molar refractivity (Wildman–Crippen MR) is 128 cm³/mol. The fourth-order valence-corrected chi connectivity index (χ4v) is 4.02. The fraction of sp³-hybridized carbons (Fsp3) is 0.296. The largest absolute Gasteiger partial charge is 0.497 e. The number of ether oxygens (including phenoxy) is 3. The minimum Gasteiger partial charge on any atom is -0.497 e. The van der Waals surface area contributed by atoms with E-state index in [2.05, 4.69) is 17.0 Å². The Balaban J connectivity index is 1.30. The SMILES string of the molecule is COc1cccc(CC(=O)N2CCN(Cc3cccc(Oc4ccccc4OC)c3)CC2)c1. The lowest BCUT2D eigenvalue weighted by Crippen LogP contribution is -2.48. The zero-order valence-electron chi connectivity index (χ0n) is 19.2. The van der Waals surface area contributed by atoms with Crippen molar-refractivity contribution in [3.05, 3.63) is 83.9 Å². The molecule has 4 rings (SSSR count). The first-order valence-corrected chi connectivity index (χ1v) is 11.2. The van der Waals surface area contributed by atoms with Gasteiger partial charge in [-0.15, -0.1) is 0 Å². The third-order valence-corrected chi connectivity index (χ3v) is 5.82. The van der Waals surface area contributed by atoms with Crippen molar-refractivity contribution < 1.29 is 19.0 Å². The summed E-state index contributed by atoms with van der Waals surface area (Å²) in [5.41, 5.74) is 2.16. The molecule has 1 heterocycles. The minimum absolute atomic E-state index is 0.162. The van der Waals surface area contributed by atoms with Crippen molar-refractivity contribution in [1.29, 1.82) is 0 Å². The second-order valence-electron chi connectivity index (χ2n) is 8.09. The van der Waals surface area contributed by atoms with E-state index < -0.39 is 0 Å². The van der Waals surface area contributed by atoms with E-state index in [1.165, 1.54) is 5.56 Å². The fourth-order valence-electron chi connectivity index (χ4n) is 4.02. The molecule has 1 aliphatic rings. The summed E-state index contributed by atoms with van der Waals surface area (Å²) in [5, 5.41) is 0. The molecule has 33 heavy (non-hydrogen) atoms. The first-order valence-electron chi connectivity index (χ1n) is 11.2. The third-order valence-electron chi connectivity index (χ3n) is 5.82. The van der Waals surface area contributed by atoms with Crippen molar-refractivity contribution >= 4 is 5.91 Å². The van der Waals surface area contributed by atoms with E-state index in [1.807, 2.05) is 65.6 Å². The second-order valence-corrected chi connectivity index (χ2v) is 8.09. The van der Waals surface area contributed by atoms with Gasteiger partial charge in [0.2, 0.25) is 5.91 Å². The molecular weight excluding hydrogens is 416 g/mol. The Morgan fingerprint density at radius 2 is 1.42 bits per heavy atom. The van der Waals surface area contributed by atoms with Gasteiger partial charge in [0.15, 0.2) is 11.5 Å². The summed E-state index contributed by atoms with van der Waals surface area (Å²) < 4.78 is 16.7. The maximum absolute atomic E-state index is 12.7. The average Bonchev–Trinajstić information content (AvgIpc) is 2.85. The van der Waals surface area contributed by atoms with Crippen LogP contribution in [0.1, 0.15) is 11.1 Å². The highest BCUT2D eigenvalue weighted by molar-refractivity contribution is 5.79. The van der Waals surface area contributed by atoms with Gasteiger partial charge in [0.1, 0.15) is 11.5 Å². The van der Waals surface area contributed by atoms with Crippen molar-refractivity contribution in [2.45, 2.75) is 13.0 Å². The minimum atomic E-state index is 0.162. The molecule has 6 nitrogen and oxygen atoms in total. The Morgan fingerprint density at radius 3 is 2.15 bits per heavy atom. The Kier molecular flexibility index (Phi) is 7.47. The van der Waals surface area contributed by atoms with Crippen molar-refractivity contribution in [1.82, 2.24) is 9.80 Å². The molecule has 0 spiro atoms. The maximum Gasteiger partial charge on any atom is 0.227 e. The van der Waals surface area contributed by atoms with Gasteiger partial charge in [-0.1, -0.05) is 36.4 Å². The molecule has 0 aromatic heterocycles. The Hall–Kier alpha value is -3.51. The van der Waals surface area contributed by atoms with Crippen LogP contribution in [0.2, 0.25) is 0 Å². The zero-order valence-corrected chi connectivity index (χ0v) is 19.2. The Bertz CT molecular complexity index is 1080. The number of carbonyl (C=O) groups excluding carboxylic acids is 1. The lowest BCUT2D eigenvalue weighted by molar-refractivity contribution is -0.132. The van der Waals surface area contributed by atoms with Gasteiger partial charge in [-0.25, -0.2) is 0 Å². The summed E-state index contributed by atoms with van der Waals surface area (Å²) in [5.74, 6) is 3.12. The number of hydrogen-bond donors (Lipinski definition) is 0. The van der Waals surface area contributed by atoms with E-state index in [0.29, 0.717) is 17.9 Å². The highest BCUT2D eigenvalue weighted by atomic mass is 16.5. The van der Waals surface area contributed by atoms with Crippen molar-refractivity contribution in [2.75, 3.05) is 40.4 Å². The van der Waals surface area contributed by atoms with Crippen LogP contribution in [0.15, 0.2) is 72.8 Å². The number of benzene rings is 3. The van der Waals surface area contributed by atoms with Crippen LogP contribution in [-0.2, 0) is 17.8 Å². The first kappa shape index (κ1) is 22.7. The molecule has 0 unspecified atom stereocenters. The van der Waals surface area contributed by atoms with Crippen LogP contribution in [0.3, 0.4) is 0 Å². The monoisotopic (exact) mass is 446 g/mol. The van der Waals surface area contributed by atoms with E-state index in [0.717, 1.165) is 49.8 Å². The van der Waals surface area contributed by atoms with Crippen LogP contribution in [0.25, 0.3) is 0 Å². The quantitative estimate of drug-likeness (QED) is 0.514. The van der Waals surface area contributed by atoms with Gasteiger partial charge in [0.25, 0.3) is 0 Å². The highest BCUT2D eigenvalue weighted by Gasteiger charge is 2.21. The van der Waals surface area contributed by atoms with Crippen molar-refractivity contribution in [3.8, 4) is 23.0 Å². The van der Waals surface area contributed by atoms with Crippen LogP contribution in [-0.4, -0.2) is 56.1 Å². The molecule has 0 saturated carbocycles. The topological polar surface area (TPSA) is 51.2 Å². The summed E-state index contributed by atoms with van der Waals surface area (Å²) >= 11 is 0. The van der Waals surface area contributed by atoms with Gasteiger partial charge in [-0.3, -0.25) is 9.69 Å². The molecule has 1 saturated heterocycles. The maximum atomic E-state index is 12.7. The lowest BCUT2D eigenvalue weighted by Gasteiger charge is -2.35. The van der Waals surface area contributed by atoms with E-state index >= 15 is 0 Å². The van der Waals surface area contributed by atoms with Crippen LogP contribution >= 0.6 is 0 Å². The molecule has 0 radical (unpaired) electrons. The van der Waals surface area contributed by atoms with E-state index in [9.17, 15) is 4.79 Å². The normalized spacial score (nSPS) is 14.1. The standard InChI is InChI=1S/C27H30N2O4/c1-31-23-9-5-7-21(17-23)19-27(30)29-15-13-28(14-16-29)20-22-8-6-10-24(18-22)33-26-12-4-3-11-25(26)32-2/h3-12,17-18H,13-16,19-20H2,1-2H3. The van der Waals surface area contributed by atoms with Gasteiger partial charge in [-0.05, 0) is 47.5 Å². The molecule has 172 valence electrons. The summed E-state index contributed by atoms with van der Waals surface area (Å²) in [6, 6.07) is 23.5. The van der Waals surface area contributed by atoms with Crippen molar-refractivity contribution in [3.63, 3.8) is 0 Å². The molecule has 6 heteroatoms. The number of carbonyl (C=O) groups is 1. The van der Waals surface area contributed by atoms with Crippen LogP contribution < -0.4 is 14.2 Å². The van der Waals surface area contributed by atoms with Gasteiger partial charge >= 0.3 is 0 Å². The molecule has 0 aliphatic carbocycles. The predicted octanol–water partition coefficient (Wildman–Crippen LogP) is 4.38.